The van der Waals surface area contributed by atoms with Crippen molar-refractivity contribution < 1.29 is 19.6 Å². The Morgan fingerprint density at radius 2 is 1.79 bits per heavy atom. The first-order chi connectivity index (χ1) is 16.3. The van der Waals surface area contributed by atoms with Gasteiger partial charge in [-0.25, -0.2) is 4.98 Å². The van der Waals surface area contributed by atoms with Crippen molar-refractivity contribution in [1.29, 1.82) is 0 Å². The molecule has 0 bridgehead atoms. The van der Waals surface area contributed by atoms with Crippen LogP contribution in [0.2, 0.25) is 0 Å². The molecule has 1 atom stereocenters. The molecule has 34 heavy (non-hydrogen) atoms. The summed E-state index contributed by atoms with van der Waals surface area (Å²) in [5.74, 6) is -2.09. The highest BCUT2D eigenvalue weighted by atomic mass is 32.1. The maximum Gasteiger partial charge on any atom is 0.301 e. The Hall–Kier alpha value is -4.37. The second kappa shape index (κ2) is 8.20. The number of aromatic nitrogens is 1. The first kappa shape index (κ1) is 21.5. The molecule has 4 aromatic rings. The highest BCUT2D eigenvalue weighted by molar-refractivity contribution is 7.22. The van der Waals surface area contributed by atoms with E-state index in [9.17, 15) is 24.8 Å². The normalized spacial score (nSPS) is 17.4. The van der Waals surface area contributed by atoms with E-state index in [-0.39, 0.29) is 22.2 Å². The highest BCUT2D eigenvalue weighted by Gasteiger charge is 2.48. The number of thiazole rings is 1. The van der Waals surface area contributed by atoms with Crippen molar-refractivity contribution in [3.8, 4) is 0 Å². The van der Waals surface area contributed by atoms with Gasteiger partial charge < -0.3 is 5.11 Å². The molecular formula is C25H17N3O5S. The van der Waals surface area contributed by atoms with Gasteiger partial charge in [0.1, 0.15) is 5.76 Å². The van der Waals surface area contributed by atoms with Crippen LogP contribution in [0.4, 0.5) is 10.8 Å². The first-order valence-corrected chi connectivity index (χ1v) is 11.1. The molecule has 1 fully saturated rings. The summed E-state index contributed by atoms with van der Waals surface area (Å²) in [6, 6.07) is 18.8. The van der Waals surface area contributed by atoms with E-state index in [4.69, 9.17) is 0 Å². The molecule has 0 aliphatic carbocycles. The van der Waals surface area contributed by atoms with Crippen LogP contribution in [0.1, 0.15) is 22.7 Å². The van der Waals surface area contributed by atoms with Gasteiger partial charge >= 0.3 is 5.91 Å². The average Bonchev–Trinajstić information content (AvgIpc) is 3.37. The molecule has 0 spiro atoms. The number of carbonyl (C=O) groups excluding carboxylic acids is 2. The number of ketones is 1. The van der Waals surface area contributed by atoms with E-state index in [1.807, 2.05) is 25.1 Å². The van der Waals surface area contributed by atoms with Crippen LogP contribution in [0.15, 0.2) is 78.4 Å². The summed E-state index contributed by atoms with van der Waals surface area (Å²) in [5.41, 5.74) is 1.96. The van der Waals surface area contributed by atoms with Crippen LogP contribution in [-0.4, -0.2) is 26.7 Å². The zero-order valence-electron chi connectivity index (χ0n) is 17.8. The van der Waals surface area contributed by atoms with Crippen LogP contribution in [0.25, 0.3) is 16.0 Å². The van der Waals surface area contributed by atoms with Crippen LogP contribution < -0.4 is 4.90 Å². The highest BCUT2D eigenvalue weighted by Crippen LogP contribution is 2.44. The number of rotatable bonds is 4. The van der Waals surface area contributed by atoms with Crippen LogP contribution >= 0.6 is 11.3 Å². The Morgan fingerprint density at radius 3 is 2.50 bits per heavy atom. The Bertz CT molecular complexity index is 1470. The minimum absolute atomic E-state index is 0.145. The zero-order chi connectivity index (χ0) is 24.0. The lowest BCUT2D eigenvalue weighted by molar-refractivity contribution is -0.384. The second-order valence-corrected chi connectivity index (χ2v) is 8.86. The summed E-state index contributed by atoms with van der Waals surface area (Å²) >= 11 is 1.22. The van der Waals surface area contributed by atoms with E-state index in [2.05, 4.69) is 4.98 Å². The van der Waals surface area contributed by atoms with Gasteiger partial charge in [0.2, 0.25) is 0 Å². The van der Waals surface area contributed by atoms with Crippen molar-refractivity contribution in [3.63, 3.8) is 0 Å². The number of benzene rings is 3. The quantitative estimate of drug-likeness (QED) is 0.145. The number of amides is 1. The summed E-state index contributed by atoms with van der Waals surface area (Å²) in [7, 11) is 0. The van der Waals surface area contributed by atoms with Gasteiger partial charge in [0.15, 0.2) is 5.13 Å². The number of hydrogen-bond acceptors (Lipinski definition) is 7. The number of nitrogens with zero attached hydrogens (tertiary/aromatic N) is 3. The number of aliphatic hydroxyl groups excluding tert-OH is 1. The van der Waals surface area contributed by atoms with E-state index < -0.39 is 22.7 Å². The number of Topliss-reactive ketones (excluding diaryl/α,β-unsaturated/α-hetero) is 1. The van der Waals surface area contributed by atoms with Crippen LogP contribution in [0.3, 0.4) is 0 Å². The molecule has 1 saturated heterocycles. The minimum atomic E-state index is -1.08. The minimum Gasteiger partial charge on any atom is -0.507 e. The first-order valence-electron chi connectivity index (χ1n) is 10.3. The number of carbonyl (C=O) groups is 2. The summed E-state index contributed by atoms with van der Waals surface area (Å²) in [6.07, 6.45) is 0. The topological polar surface area (TPSA) is 114 Å². The van der Waals surface area contributed by atoms with E-state index in [1.165, 1.54) is 34.4 Å². The summed E-state index contributed by atoms with van der Waals surface area (Å²) < 4.78 is 0.815. The molecule has 0 saturated carbocycles. The van der Waals surface area contributed by atoms with Gasteiger partial charge in [-0.15, -0.1) is 0 Å². The zero-order valence-corrected chi connectivity index (χ0v) is 18.7. The number of anilines is 1. The number of nitro groups is 1. The molecule has 1 N–H and O–H groups in total. The number of nitro benzene ring substituents is 1. The van der Waals surface area contributed by atoms with E-state index in [0.29, 0.717) is 16.6 Å². The molecule has 1 aliphatic heterocycles. The smallest absolute Gasteiger partial charge is 0.301 e. The van der Waals surface area contributed by atoms with Crippen LogP contribution in [-0.2, 0) is 9.59 Å². The predicted octanol–water partition coefficient (Wildman–Crippen LogP) is 5.14. The average molecular weight is 471 g/mol. The summed E-state index contributed by atoms with van der Waals surface area (Å²) in [6.45, 7) is 1.89. The summed E-state index contributed by atoms with van der Waals surface area (Å²) in [5, 5.41) is 22.8. The van der Waals surface area contributed by atoms with Gasteiger partial charge in [-0.2, -0.15) is 0 Å². The molecular weight excluding hydrogens is 454 g/mol. The fourth-order valence-electron chi connectivity index (χ4n) is 3.98. The lowest BCUT2D eigenvalue weighted by atomic mass is 9.95. The number of fused-ring (bicyclic) bond motifs is 1. The fraction of sp³-hybridized carbons (Fsp3) is 0.0800. The Morgan fingerprint density at radius 1 is 1.06 bits per heavy atom. The third-order valence-corrected chi connectivity index (χ3v) is 6.69. The molecule has 8 nitrogen and oxygen atoms in total. The molecule has 2 heterocycles. The number of non-ortho nitro benzene ring substituents is 1. The van der Waals surface area contributed by atoms with E-state index >= 15 is 0 Å². The lowest BCUT2D eigenvalue weighted by Crippen LogP contribution is -2.29. The molecule has 5 rings (SSSR count). The van der Waals surface area contributed by atoms with Crippen molar-refractivity contribution in [2.24, 2.45) is 0 Å². The largest absolute Gasteiger partial charge is 0.507 e. The Labute approximate surface area is 197 Å². The Balaban J connectivity index is 1.75. The van der Waals surface area contributed by atoms with Crippen molar-refractivity contribution in [3.05, 3.63) is 105 Å². The number of hydrogen-bond donors (Lipinski definition) is 1. The standard InChI is InChI=1S/C25H17N3O5S/c1-14-9-11-15(12-10-14)22(29)20-21(16-5-4-6-17(13-16)28(32)33)27(24(31)23(20)30)25-26-18-7-2-3-8-19(18)34-25/h2-13,21,29H,1H3/t21-/m1/s1. The molecule has 1 aliphatic rings. The molecule has 1 aromatic heterocycles. The maximum atomic E-state index is 13.2. The van der Waals surface area contributed by atoms with Crippen molar-refractivity contribution >= 4 is 49.8 Å². The molecule has 0 radical (unpaired) electrons. The number of para-hydroxylation sites is 1. The van der Waals surface area contributed by atoms with Gasteiger partial charge in [0, 0.05) is 17.7 Å². The molecule has 168 valence electrons. The van der Waals surface area contributed by atoms with Gasteiger partial charge in [-0.3, -0.25) is 24.6 Å². The predicted molar refractivity (Wildman–Crippen MR) is 129 cm³/mol. The van der Waals surface area contributed by atoms with E-state index in [1.54, 1.807) is 36.4 Å². The second-order valence-electron chi connectivity index (χ2n) is 7.85. The van der Waals surface area contributed by atoms with Crippen molar-refractivity contribution in [1.82, 2.24) is 4.98 Å². The van der Waals surface area contributed by atoms with Crippen LogP contribution in [0, 0.1) is 17.0 Å². The van der Waals surface area contributed by atoms with Gasteiger partial charge in [0.25, 0.3) is 11.5 Å². The summed E-state index contributed by atoms with van der Waals surface area (Å²) in [4.78, 5) is 43.1. The van der Waals surface area contributed by atoms with Crippen molar-refractivity contribution in [2.45, 2.75) is 13.0 Å². The monoisotopic (exact) mass is 471 g/mol. The molecule has 9 heteroatoms. The maximum absolute atomic E-state index is 13.2. The van der Waals surface area contributed by atoms with Crippen molar-refractivity contribution in [2.75, 3.05) is 4.90 Å². The molecule has 1 amide bonds. The Kier molecular flexibility index (Phi) is 5.18. The number of aliphatic hydroxyl groups is 1. The fourth-order valence-corrected chi connectivity index (χ4v) is 4.98. The molecule has 3 aromatic carbocycles. The number of aryl methyl sites for hydroxylation is 1. The third-order valence-electron chi connectivity index (χ3n) is 5.65. The SMILES string of the molecule is Cc1ccc(C(O)=C2C(=O)C(=O)N(c3nc4ccccc4s3)[C@@H]2c2cccc([N+](=O)[O-])c2)cc1. The van der Waals surface area contributed by atoms with Gasteiger partial charge in [-0.05, 0) is 24.6 Å². The van der Waals surface area contributed by atoms with Gasteiger partial charge in [0.05, 0.1) is 26.8 Å². The third kappa shape index (κ3) is 3.52. The van der Waals surface area contributed by atoms with E-state index in [0.717, 1.165) is 10.3 Å². The molecule has 0 unspecified atom stereocenters. The van der Waals surface area contributed by atoms with Crippen LogP contribution in [0.5, 0.6) is 0 Å². The van der Waals surface area contributed by atoms with Gasteiger partial charge in [-0.1, -0.05) is 65.4 Å². The lowest BCUT2D eigenvalue weighted by Gasteiger charge is -2.22.